The second-order valence-corrected chi connectivity index (χ2v) is 7.88. The lowest BCUT2D eigenvalue weighted by molar-refractivity contribution is -0.384. The molecule has 182 valence electrons. The number of benzene rings is 3. The lowest BCUT2D eigenvalue weighted by Crippen LogP contribution is -2.29. The van der Waals surface area contributed by atoms with Crippen molar-refractivity contribution in [2.24, 2.45) is 5.10 Å². The number of hydrazone groups is 1. The van der Waals surface area contributed by atoms with Crippen molar-refractivity contribution in [2.75, 3.05) is 6.61 Å². The number of carbonyl (C=O) groups is 2. The Hall–Kier alpha value is -4.79. The fourth-order valence-electron chi connectivity index (χ4n) is 3.57. The fourth-order valence-corrected chi connectivity index (χ4v) is 3.57. The highest BCUT2D eigenvalue weighted by atomic mass is 16.6. The summed E-state index contributed by atoms with van der Waals surface area (Å²) in [4.78, 5) is 36.1. The molecule has 2 amide bonds. The van der Waals surface area contributed by atoms with Crippen LogP contribution in [0.1, 0.15) is 35.3 Å². The molecule has 9 nitrogen and oxygen atoms in total. The molecule has 4 rings (SSSR count). The van der Waals surface area contributed by atoms with E-state index in [-0.39, 0.29) is 12.3 Å². The summed E-state index contributed by atoms with van der Waals surface area (Å²) < 4.78 is 11.6. The standard InChI is InChI=1S/C27H23N3O6/c1-3-35-25-16-20(11-14-24(25)36-17-19-9-12-22(13-10-19)30(33)34)15-23-18(2)28-29(27(23)32)26(31)21-7-5-4-6-8-21/h4-16H,3,17H2,1-2H3/b23-15+. The van der Waals surface area contributed by atoms with Crippen molar-refractivity contribution < 1.29 is 24.0 Å². The molecule has 0 aliphatic carbocycles. The molecule has 0 bridgehead atoms. The number of non-ortho nitro benzene ring substituents is 1. The summed E-state index contributed by atoms with van der Waals surface area (Å²) in [5.74, 6) is -0.0291. The van der Waals surface area contributed by atoms with Crippen LogP contribution in [-0.2, 0) is 11.4 Å². The van der Waals surface area contributed by atoms with Gasteiger partial charge in [0.05, 0.1) is 22.8 Å². The van der Waals surface area contributed by atoms with E-state index in [2.05, 4.69) is 5.10 Å². The molecular weight excluding hydrogens is 462 g/mol. The third-order valence-corrected chi connectivity index (χ3v) is 5.40. The Bertz CT molecular complexity index is 1360. The number of imide groups is 1. The zero-order valence-corrected chi connectivity index (χ0v) is 19.7. The molecule has 0 spiro atoms. The maximum atomic E-state index is 13.0. The number of ether oxygens (including phenoxy) is 2. The molecule has 0 saturated heterocycles. The molecule has 1 aliphatic heterocycles. The molecule has 0 atom stereocenters. The van der Waals surface area contributed by atoms with Gasteiger partial charge in [-0.05, 0) is 67.4 Å². The minimum Gasteiger partial charge on any atom is -0.490 e. The number of hydrogen-bond donors (Lipinski definition) is 0. The topological polar surface area (TPSA) is 111 Å². The first-order chi connectivity index (χ1) is 17.4. The highest BCUT2D eigenvalue weighted by Gasteiger charge is 2.33. The van der Waals surface area contributed by atoms with Gasteiger partial charge in [-0.3, -0.25) is 19.7 Å². The lowest BCUT2D eigenvalue weighted by atomic mass is 10.1. The molecule has 0 N–H and O–H groups in total. The van der Waals surface area contributed by atoms with Gasteiger partial charge in [0, 0.05) is 17.7 Å². The number of amides is 2. The van der Waals surface area contributed by atoms with E-state index in [0.717, 1.165) is 10.6 Å². The summed E-state index contributed by atoms with van der Waals surface area (Å²) in [5.41, 5.74) is 2.56. The normalized spacial score (nSPS) is 14.1. The van der Waals surface area contributed by atoms with Crippen LogP contribution in [0.15, 0.2) is 83.5 Å². The molecular formula is C27H23N3O6. The molecule has 3 aromatic carbocycles. The zero-order chi connectivity index (χ0) is 25.7. The van der Waals surface area contributed by atoms with Gasteiger partial charge in [-0.2, -0.15) is 10.1 Å². The maximum absolute atomic E-state index is 13.0. The SMILES string of the molecule is CCOc1cc(/C=C2/C(=O)N(C(=O)c3ccccc3)N=C2C)ccc1OCc1ccc([N+](=O)[O-])cc1. The lowest BCUT2D eigenvalue weighted by Gasteiger charge is -2.13. The highest BCUT2D eigenvalue weighted by Crippen LogP contribution is 2.31. The van der Waals surface area contributed by atoms with Crippen molar-refractivity contribution in [3.8, 4) is 11.5 Å². The summed E-state index contributed by atoms with van der Waals surface area (Å²) in [6, 6.07) is 19.8. The molecule has 36 heavy (non-hydrogen) atoms. The van der Waals surface area contributed by atoms with E-state index in [4.69, 9.17) is 9.47 Å². The van der Waals surface area contributed by atoms with E-state index in [9.17, 15) is 19.7 Å². The van der Waals surface area contributed by atoms with Crippen LogP contribution in [-0.4, -0.2) is 34.1 Å². The molecule has 0 saturated carbocycles. The molecule has 0 fully saturated rings. The Kier molecular flexibility index (Phi) is 7.20. The average molecular weight is 485 g/mol. The number of hydrogen-bond acceptors (Lipinski definition) is 7. The number of nitro benzene ring substituents is 1. The monoisotopic (exact) mass is 485 g/mol. The third kappa shape index (κ3) is 5.30. The van der Waals surface area contributed by atoms with Crippen molar-refractivity contribution in [3.05, 3.63) is 105 Å². The van der Waals surface area contributed by atoms with Crippen molar-refractivity contribution in [2.45, 2.75) is 20.5 Å². The Labute approximate surface area is 207 Å². The van der Waals surface area contributed by atoms with E-state index in [1.807, 2.05) is 6.92 Å². The second kappa shape index (κ2) is 10.6. The van der Waals surface area contributed by atoms with Gasteiger partial charge in [0.1, 0.15) is 6.61 Å². The van der Waals surface area contributed by atoms with Gasteiger partial charge >= 0.3 is 0 Å². The van der Waals surface area contributed by atoms with E-state index in [0.29, 0.717) is 40.5 Å². The Morgan fingerprint density at radius 3 is 2.42 bits per heavy atom. The number of nitrogens with zero attached hydrogens (tertiary/aromatic N) is 3. The molecule has 0 radical (unpaired) electrons. The smallest absolute Gasteiger partial charge is 0.283 e. The fraction of sp³-hybridized carbons (Fsp3) is 0.148. The average Bonchev–Trinajstić information content (AvgIpc) is 3.17. The van der Waals surface area contributed by atoms with Crippen LogP contribution in [0.4, 0.5) is 5.69 Å². The predicted molar refractivity (Wildman–Crippen MR) is 134 cm³/mol. The van der Waals surface area contributed by atoms with Crippen LogP contribution in [0.3, 0.4) is 0 Å². The number of carbonyl (C=O) groups excluding carboxylic acids is 2. The summed E-state index contributed by atoms with van der Waals surface area (Å²) in [7, 11) is 0. The predicted octanol–water partition coefficient (Wildman–Crippen LogP) is 5.01. The van der Waals surface area contributed by atoms with E-state index in [1.54, 1.807) is 73.7 Å². The first-order valence-electron chi connectivity index (χ1n) is 11.2. The van der Waals surface area contributed by atoms with Gasteiger partial charge in [0.2, 0.25) is 0 Å². The van der Waals surface area contributed by atoms with Crippen LogP contribution in [0.5, 0.6) is 11.5 Å². The number of rotatable bonds is 8. The van der Waals surface area contributed by atoms with Gasteiger partial charge in [-0.15, -0.1) is 0 Å². The van der Waals surface area contributed by atoms with E-state index in [1.165, 1.54) is 12.1 Å². The molecule has 0 aromatic heterocycles. The largest absolute Gasteiger partial charge is 0.490 e. The zero-order valence-electron chi connectivity index (χ0n) is 19.7. The minimum atomic E-state index is -0.502. The van der Waals surface area contributed by atoms with Crippen LogP contribution >= 0.6 is 0 Å². The molecule has 3 aromatic rings. The quantitative estimate of drug-likeness (QED) is 0.192. The van der Waals surface area contributed by atoms with E-state index < -0.39 is 16.7 Å². The number of nitro groups is 1. The first kappa shape index (κ1) is 24.3. The van der Waals surface area contributed by atoms with Gasteiger partial charge < -0.3 is 9.47 Å². The van der Waals surface area contributed by atoms with Crippen LogP contribution in [0.25, 0.3) is 6.08 Å². The molecule has 1 heterocycles. The molecule has 9 heteroatoms. The first-order valence-corrected chi connectivity index (χ1v) is 11.2. The van der Waals surface area contributed by atoms with Gasteiger partial charge in [-0.25, -0.2) is 0 Å². The van der Waals surface area contributed by atoms with Crippen LogP contribution < -0.4 is 9.47 Å². The van der Waals surface area contributed by atoms with Gasteiger partial charge in [0.25, 0.3) is 17.5 Å². The van der Waals surface area contributed by atoms with Gasteiger partial charge in [0.15, 0.2) is 11.5 Å². The van der Waals surface area contributed by atoms with Crippen molar-refractivity contribution in [3.63, 3.8) is 0 Å². The molecule has 0 unspecified atom stereocenters. The minimum absolute atomic E-state index is 0.00970. The Balaban J connectivity index is 1.52. The third-order valence-electron chi connectivity index (χ3n) is 5.40. The van der Waals surface area contributed by atoms with Crippen molar-refractivity contribution >= 4 is 29.3 Å². The Morgan fingerprint density at radius 2 is 1.75 bits per heavy atom. The van der Waals surface area contributed by atoms with Crippen LogP contribution in [0, 0.1) is 10.1 Å². The summed E-state index contributed by atoms with van der Waals surface area (Å²) >= 11 is 0. The van der Waals surface area contributed by atoms with Crippen molar-refractivity contribution in [1.29, 1.82) is 0 Å². The van der Waals surface area contributed by atoms with Crippen LogP contribution in [0.2, 0.25) is 0 Å². The Morgan fingerprint density at radius 1 is 1.03 bits per heavy atom. The summed E-state index contributed by atoms with van der Waals surface area (Å²) in [5, 5.41) is 15.9. The summed E-state index contributed by atoms with van der Waals surface area (Å²) in [6.07, 6.45) is 1.65. The highest BCUT2D eigenvalue weighted by molar-refractivity contribution is 6.30. The van der Waals surface area contributed by atoms with E-state index >= 15 is 0 Å². The van der Waals surface area contributed by atoms with Gasteiger partial charge in [-0.1, -0.05) is 24.3 Å². The molecule has 1 aliphatic rings. The second-order valence-electron chi connectivity index (χ2n) is 7.88. The summed E-state index contributed by atoms with van der Waals surface area (Å²) in [6.45, 7) is 4.11. The maximum Gasteiger partial charge on any atom is 0.283 e. The van der Waals surface area contributed by atoms with Crippen molar-refractivity contribution in [1.82, 2.24) is 5.01 Å².